The second-order valence-corrected chi connectivity index (χ2v) is 20.4. The summed E-state index contributed by atoms with van der Waals surface area (Å²) in [6.45, 7) is 0. The molecule has 0 aliphatic heterocycles. The Bertz CT molecular complexity index is 569. The average Bonchev–Trinajstić information content (AvgIpc) is 2.56. The Labute approximate surface area is 127 Å². The van der Waals surface area contributed by atoms with Crippen LogP contribution in [0.4, 0.5) is 0 Å². The molecule has 0 N–H and O–H groups in total. The van der Waals surface area contributed by atoms with Gasteiger partial charge in [0.25, 0.3) is 0 Å². The van der Waals surface area contributed by atoms with Gasteiger partial charge in [0.15, 0.2) is 0 Å². The third-order valence-electron chi connectivity index (χ3n) is 3.51. The Kier molecular flexibility index (Phi) is 4.18. The van der Waals surface area contributed by atoms with E-state index >= 15 is 0 Å². The Balaban J connectivity index is 2.24. The molecule has 0 bridgehead atoms. The first kappa shape index (κ1) is 13.8. The molecule has 0 unspecified atom stereocenters. The van der Waals surface area contributed by atoms with Crippen molar-refractivity contribution in [3.8, 4) is 0 Å². The molecule has 0 heterocycles. The Morgan fingerprint density at radius 1 is 0.450 bits per heavy atom. The van der Waals surface area contributed by atoms with Crippen LogP contribution in [0.2, 0.25) is 0 Å². The van der Waals surface area contributed by atoms with E-state index < -0.39 is 18.8 Å². The molecule has 0 amide bonds. The molecule has 0 fully saturated rings. The van der Waals surface area contributed by atoms with E-state index in [2.05, 4.69) is 72.8 Å². The van der Waals surface area contributed by atoms with Gasteiger partial charge >= 0.3 is 128 Å². The van der Waals surface area contributed by atoms with E-state index in [4.69, 9.17) is 8.58 Å². The molecule has 0 nitrogen and oxygen atoms in total. The third-order valence-corrected chi connectivity index (χ3v) is 21.0. The van der Waals surface area contributed by atoms with E-state index in [1.54, 1.807) is 0 Å². The van der Waals surface area contributed by atoms with Crippen LogP contribution in [0.25, 0.3) is 0 Å². The average molecular weight is 445 g/mol. The molecule has 0 aromatic heterocycles. The van der Waals surface area contributed by atoms with Gasteiger partial charge in [-0.25, -0.2) is 0 Å². The standard InChI is InChI=1S/3C6H5.ClH.Hf/c3*1-2-4-6-5-3-1;;/h3*1-5H;1H;/q;;;;+1/p-1. The minimum atomic E-state index is -3.46. The number of halogens is 1. The molecule has 0 radical (unpaired) electrons. The van der Waals surface area contributed by atoms with E-state index in [9.17, 15) is 0 Å². The van der Waals surface area contributed by atoms with Crippen LogP contribution in [-0.2, 0) is 18.8 Å². The van der Waals surface area contributed by atoms with E-state index in [-0.39, 0.29) is 0 Å². The zero-order valence-electron chi connectivity index (χ0n) is 11.0. The van der Waals surface area contributed by atoms with Crippen molar-refractivity contribution >= 4 is 18.5 Å². The van der Waals surface area contributed by atoms with Gasteiger partial charge in [0.05, 0.1) is 0 Å². The Morgan fingerprint density at radius 2 is 0.700 bits per heavy atom. The Hall–Kier alpha value is -1.18. The second-order valence-electron chi connectivity index (χ2n) is 4.76. The first-order valence-electron chi connectivity index (χ1n) is 6.67. The van der Waals surface area contributed by atoms with Crippen molar-refractivity contribution in [3.63, 3.8) is 0 Å². The molecule has 3 aromatic carbocycles. The van der Waals surface area contributed by atoms with Gasteiger partial charge in [0.1, 0.15) is 0 Å². The second kappa shape index (κ2) is 6.07. The maximum atomic E-state index is 7.34. The van der Waals surface area contributed by atoms with Crippen molar-refractivity contribution in [1.82, 2.24) is 0 Å². The number of hydrogen-bond acceptors (Lipinski definition) is 0. The summed E-state index contributed by atoms with van der Waals surface area (Å²) in [5.74, 6) is 0. The fraction of sp³-hybridized carbons (Fsp3) is 0. The Morgan fingerprint density at radius 3 is 0.950 bits per heavy atom. The number of rotatable bonds is 3. The number of hydrogen-bond donors (Lipinski definition) is 0. The van der Waals surface area contributed by atoms with Crippen molar-refractivity contribution < 1.29 is 18.8 Å². The topological polar surface area (TPSA) is 0 Å². The monoisotopic (exact) mass is 446 g/mol. The van der Waals surface area contributed by atoms with E-state index in [0.717, 1.165) is 0 Å². The fourth-order valence-electron chi connectivity index (χ4n) is 2.50. The van der Waals surface area contributed by atoms with Crippen LogP contribution >= 0.6 is 8.58 Å². The first-order valence-corrected chi connectivity index (χ1v) is 16.5. The minimum absolute atomic E-state index is 1.30. The van der Waals surface area contributed by atoms with E-state index in [0.29, 0.717) is 0 Å². The molecule has 0 spiro atoms. The summed E-state index contributed by atoms with van der Waals surface area (Å²) in [5, 5.41) is 0. The number of benzene rings is 3. The van der Waals surface area contributed by atoms with E-state index in [1.165, 1.54) is 9.96 Å². The van der Waals surface area contributed by atoms with Crippen molar-refractivity contribution in [2.24, 2.45) is 0 Å². The molecule has 2 heteroatoms. The van der Waals surface area contributed by atoms with Gasteiger partial charge in [-0.2, -0.15) is 0 Å². The van der Waals surface area contributed by atoms with Gasteiger partial charge in [0, 0.05) is 0 Å². The van der Waals surface area contributed by atoms with Crippen molar-refractivity contribution in [2.75, 3.05) is 0 Å². The SMILES string of the molecule is [Cl][Hf]([c]1ccccc1)([c]1ccccc1)[c]1ccccc1. The third kappa shape index (κ3) is 2.53. The molecular weight excluding hydrogens is 430 g/mol. The van der Waals surface area contributed by atoms with E-state index in [1.807, 2.05) is 18.2 Å². The molecule has 0 aliphatic carbocycles. The molecule has 0 saturated heterocycles. The summed E-state index contributed by atoms with van der Waals surface area (Å²) in [6.07, 6.45) is 0. The van der Waals surface area contributed by atoms with Gasteiger partial charge in [0.2, 0.25) is 0 Å². The summed E-state index contributed by atoms with van der Waals surface area (Å²) in [5.41, 5.74) is 0. The molecule has 0 aliphatic rings. The summed E-state index contributed by atoms with van der Waals surface area (Å²) in [7, 11) is 7.34. The molecule has 20 heavy (non-hydrogen) atoms. The van der Waals surface area contributed by atoms with Crippen molar-refractivity contribution in [3.05, 3.63) is 91.0 Å². The predicted octanol–water partition coefficient (Wildman–Crippen LogP) is 3.27. The quantitative estimate of drug-likeness (QED) is 0.544. The molecule has 3 rings (SSSR count). The van der Waals surface area contributed by atoms with Gasteiger partial charge < -0.3 is 0 Å². The molecular formula is C18H15ClHf. The zero-order valence-corrected chi connectivity index (χ0v) is 15.4. The van der Waals surface area contributed by atoms with Crippen LogP contribution in [-0.4, -0.2) is 0 Å². The van der Waals surface area contributed by atoms with Crippen molar-refractivity contribution in [1.29, 1.82) is 0 Å². The van der Waals surface area contributed by atoms with Gasteiger partial charge in [-0.1, -0.05) is 0 Å². The molecule has 98 valence electrons. The van der Waals surface area contributed by atoms with Crippen LogP contribution in [0.15, 0.2) is 91.0 Å². The predicted molar refractivity (Wildman–Crippen MR) is 84.1 cm³/mol. The van der Waals surface area contributed by atoms with Crippen LogP contribution < -0.4 is 9.96 Å². The molecule has 0 atom stereocenters. The maximum absolute atomic E-state index is 7.34. The van der Waals surface area contributed by atoms with Crippen LogP contribution in [0.5, 0.6) is 0 Å². The summed E-state index contributed by atoms with van der Waals surface area (Å²) in [4.78, 5) is 0. The molecule has 3 aromatic rings. The molecule has 0 saturated carbocycles. The summed E-state index contributed by atoms with van der Waals surface area (Å²) < 4.78 is 3.91. The van der Waals surface area contributed by atoms with Gasteiger partial charge in [-0.15, -0.1) is 0 Å². The first-order chi connectivity index (χ1) is 9.82. The summed E-state index contributed by atoms with van der Waals surface area (Å²) >= 11 is -3.46. The van der Waals surface area contributed by atoms with Crippen LogP contribution in [0, 0.1) is 0 Å². The van der Waals surface area contributed by atoms with Crippen LogP contribution in [0.1, 0.15) is 0 Å². The van der Waals surface area contributed by atoms with Crippen LogP contribution in [0.3, 0.4) is 0 Å². The normalized spacial score (nSPS) is 11.2. The van der Waals surface area contributed by atoms with Gasteiger partial charge in [-0.3, -0.25) is 0 Å². The summed E-state index contributed by atoms with van der Waals surface area (Å²) in [6, 6.07) is 31.7. The fourth-order valence-corrected chi connectivity index (χ4v) is 16.2. The van der Waals surface area contributed by atoms with Gasteiger partial charge in [-0.05, 0) is 0 Å². The zero-order chi connectivity index (χ0) is 13.8. The van der Waals surface area contributed by atoms with Crippen molar-refractivity contribution in [2.45, 2.75) is 0 Å².